The second kappa shape index (κ2) is 4.01. The van der Waals surface area contributed by atoms with E-state index in [9.17, 15) is 10.2 Å². The predicted octanol–water partition coefficient (Wildman–Crippen LogP) is -0.875. The Kier molecular flexibility index (Phi) is 3.96. The molecule has 0 aliphatic rings. The largest absolute Gasteiger partial charge is 0.393 e. The summed E-state index contributed by atoms with van der Waals surface area (Å²) in [6.45, 7) is 2.53. The van der Waals surface area contributed by atoms with Crippen molar-refractivity contribution < 1.29 is 20.1 Å². The molecule has 0 heterocycles. The molecule has 11 heavy (non-hydrogen) atoms. The first kappa shape index (κ1) is 10.8. The summed E-state index contributed by atoms with van der Waals surface area (Å²) < 4.78 is 4.86. The van der Waals surface area contributed by atoms with Crippen molar-refractivity contribution >= 4 is 0 Å². The molecule has 0 aromatic heterocycles. The summed E-state index contributed by atoms with van der Waals surface area (Å²) in [5, 5.41) is 27.2. The molecule has 0 rings (SSSR count). The normalized spacial score (nSPS) is 22.4. The predicted molar refractivity (Wildman–Crippen MR) is 40.2 cm³/mol. The molecule has 0 amide bonds. The van der Waals surface area contributed by atoms with Crippen LogP contribution in [0.15, 0.2) is 0 Å². The van der Waals surface area contributed by atoms with Crippen molar-refractivity contribution in [1.29, 1.82) is 0 Å². The van der Waals surface area contributed by atoms with Gasteiger partial charge in [-0.05, 0) is 13.8 Å². The third kappa shape index (κ3) is 1.90. The van der Waals surface area contributed by atoms with E-state index in [-0.39, 0.29) is 0 Å². The zero-order chi connectivity index (χ0) is 9.07. The van der Waals surface area contributed by atoms with Gasteiger partial charge in [0.15, 0.2) is 0 Å². The third-order valence-corrected chi connectivity index (χ3v) is 2.04. The van der Waals surface area contributed by atoms with Crippen LogP contribution in [0.3, 0.4) is 0 Å². The minimum Gasteiger partial charge on any atom is -0.393 e. The van der Waals surface area contributed by atoms with Crippen LogP contribution in [-0.2, 0) is 4.74 Å². The number of ether oxygens (including phenoxy) is 1. The van der Waals surface area contributed by atoms with E-state index < -0.39 is 24.4 Å². The highest BCUT2D eigenvalue weighted by molar-refractivity contribution is 4.90. The van der Waals surface area contributed by atoms with Gasteiger partial charge in [0.05, 0.1) is 18.8 Å². The first-order valence-corrected chi connectivity index (χ1v) is 3.53. The average molecular weight is 164 g/mol. The van der Waals surface area contributed by atoms with Gasteiger partial charge in [0.25, 0.3) is 0 Å². The fourth-order valence-electron chi connectivity index (χ4n) is 1.02. The summed E-state index contributed by atoms with van der Waals surface area (Å²) in [5.41, 5.74) is -1.25. The van der Waals surface area contributed by atoms with Crippen molar-refractivity contribution in [1.82, 2.24) is 0 Å². The molecule has 4 nitrogen and oxygen atoms in total. The van der Waals surface area contributed by atoms with E-state index in [2.05, 4.69) is 0 Å². The molecule has 68 valence electrons. The number of hydrogen-bond acceptors (Lipinski definition) is 4. The Morgan fingerprint density at radius 3 is 1.64 bits per heavy atom. The molecule has 2 unspecified atom stereocenters. The second-order valence-corrected chi connectivity index (χ2v) is 2.67. The summed E-state index contributed by atoms with van der Waals surface area (Å²) in [5.74, 6) is 0. The molecule has 0 saturated carbocycles. The molecule has 0 fully saturated rings. The zero-order valence-electron chi connectivity index (χ0n) is 7.11. The van der Waals surface area contributed by atoms with E-state index in [4.69, 9.17) is 9.84 Å². The van der Waals surface area contributed by atoms with Crippen LogP contribution in [0, 0.1) is 0 Å². The van der Waals surface area contributed by atoms with Crippen LogP contribution >= 0.6 is 0 Å². The number of aliphatic hydroxyl groups excluding tert-OH is 3. The van der Waals surface area contributed by atoms with Crippen LogP contribution in [0.4, 0.5) is 0 Å². The quantitative estimate of drug-likeness (QED) is 0.505. The summed E-state index contributed by atoms with van der Waals surface area (Å²) in [6.07, 6.45) is -1.81. The van der Waals surface area contributed by atoms with Crippen molar-refractivity contribution in [2.45, 2.75) is 31.7 Å². The monoisotopic (exact) mass is 164 g/mol. The Morgan fingerprint density at radius 2 is 1.64 bits per heavy atom. The summed E-state index contributed by atoms with van der Waals surface area (Å²) in [7, 11) is 1.34. The Hall–Kier alpha value is -0.160. The molecule has 0 bridgehead atoms. The van der Waals surface area contributed by atoms with E-state index >= 15 is 0 Å². The van der Waals surface area contributed by atoms with Crippen LogP contribution in [0.25, 0.3) is 0 Å². The Bertz CT molecular complexity index is 97.0. The number of rotatable bonds is 4. The van der Waals surface area contributed by atoms with Gasteiger partial charge in [-0.25, -0.2) is 0 Å². The molecular formula is C7H16O4. The van der Waals surface area contributed by atoms with Crippen molar-refractivity contribution in [2.75, 3.05) is 13.7 Å². The molecular weight excluding hydrogens is 148 g/mol. The van der Waals surface area contributed by atoms with Crippen molar-refractivity contribution in [3.8, 4) is 0 Å². The standard InChI is InChI=1S/C7H16O4/c1-5(9)7(4-8,11-3)6(2)10/h5-6,8-10H,4H2,1-3H3. The van der Waals surface area contributed by atoms with Crippen LogP contribution < -0.4 is 0 Å². The number of hydrogen-bond donors (Lipinski definition) is 3. The molecule has 0 aromatic carbocycles. The first-order valence-electron chi connectivity index (χ1n) is 3.53. The maximum absolute atomic E-state index is 9.19. The van der Waals surface area contributed by atoms with Gasteiger partial charge in [-0.1, -0.05) is 0 Å². The third-order valence-electron chi connectivity index (χ3n) is 2.04. The smallest absolute Gasteiger partial charge is 0.142 e. The van der Waals surface area contributed by atoms with Crippen LogP contribution in [0.1, 0.15) is 13.8 Å². The molecule has 0 radical (unpaired) electrons. The van der Waals surface area contributed by atoms with E-state index in [1.807, 2.05) is 0 Å². The highest BCUT2D eigenvalue weighted by Crippen LogP contribution is 2.19. The van der Waals surface area contributed by atoms with Crippen molar-refractivity contribution in [3.63, 3.8) is 0 Å². The lowest BCUT2D eigenvalue weighted by atomic mass is 9.93. The highest BCUT2D eigenvalue weighted by atomic mass is 16.5. The van der Waals surface area contributed by atoms with Crippen LogP contribution in [0.5, 0.6) is 0 Å². The fraction of sp³-hybridized carbons (Fsp3) is 1.00. The van der Waals surface area contributed by atoms with Gasteiger partial charge in [0, 0.05) is 7.11 Å². The number of methoxy groups -OCH3 is 1. The van der Waals surface area contributed by atoms with E-state index in [1.165, 1.54) is 21.0 Å². The van der Waals surface area contributed by atoms with Gasteiger partial charge in [-0.2, -0.15) is 0 Å². The molecule has 0 aliphatic heterocycles. The molecule has 0 spiro atoms. The van der Waals surface area contributed by atoms with Crippen LogP contribution in [-0.4, -0.2) is 46.8 Å². The van der Waals surface area contributed by atoms with Crippen molar-refractivity contribution in [2.24, 2.45) is 0 Å². The lowest BCUT2D eigenvalue weighted by molar-refractivity contribution is -0.176. The maximum Gasteiger partial charge on any atom is 0.142 e. The molecule has 0 aliphatic carbocycles. The summed E-state index contributed by atoms with van der Waals surface area (Å²) >= 11 is 0. The zero-order valence-corrected chi connectivity index (χ0v) is 7.11. The van der Waals surface area contributed by atoms with Gasteiger partial charge < -0.3 is 20.1 Å². The van der Waals surface area contributed by atoms with Crippen LogP contribution in [0.2, 0.25) is 0 Å². The van der Waals surface area contributed by atoms with Gasteiger partial charge >= 0.3 is 0 Å². The van der Waals surface area contributed by atoms with E-state index in [0.29, 0.717) is 0 Å². The molecule has 0 saturated heterocycles. The Morgan fingerprint density at radius 1 is 1.27 bits per heavy atom. The summed E-state index contributed by atoms with van der Waals surface area (Å²) in [4.78, 5) is 0. The minimum absolute atomic E-state index is 0.404. The van der Waals surface area contributed by atoms with E-state index in [0.717, 1.165) is 0 Å². The second-order valence-electron chi connectivity index (χ2n) is 2.67. The molecule has 0 aromatic rings. The molecule has 3 N–H and O–H groups in total. The SMILES string of the molecule is COC(CO)(C(C)O)C(C)O. The molecule has 2 atom stereocenters. The van der Waals surface area contributed by atoms with Gasteiger partial charge in [0.2, 0.25) is 0 Å². The van der Waals surface area contributed by atoms with Gasteiger partial charge in [-0.3, -0.25) is 0 Å². The number of aliphatic hydroxyl groups is 3. The van der Waals surface area contributed by atoms with E-state index in [1.54, 1.807) is 0 Å². The maximum atomic E-state index is 9.19. The lowest BCUT2D eigenvalue weighted by Crippen LogP contribution is -2.54. The fourth-order valence-corrected chi connectivity index (χ4v) is 1.02. The van der Waals surface area contributed by atoms with Gasteiger partial charge in [0.1, 0.15) is 5.60 Å². The Labute approximate surface area is 66.4 Å². The Balaban J connectivity index is 4.46. The summed E-state index contributed by atoms with van der Waals surface area (Å²) in [6, 6.07) is 0. The minimum atomic E-state index is -1.25. The van der Waals surface area contributed by atoms with Gasteiger partial charge in [-0.15, -0.1) is 0 Å². The molecule has 4 heteroatoms. The average Bonchev–Trinajstić information content (AvgIpc) is 1.90. The van der Waals surface area contributed by atoms with Crippen molar-refractivity contribution in [3.05, 3.63) is 0 Å². The highest BCUT2D eigenvalue weighted by Gasteiger charge is 2.39. The lowest BCUT2D eigenvalue weighted by Gasteiger charge is -2.35. The topological polar surface area (TPSA) is 69.9 Å². The first-order chi connectivity index (χ1) is 5.01.